The summed E-state index contributed by atoms with van der Waals surface area (Å²) in [6.45, 7) is 2.66. The molecule has 11 heteroatoms. The van der Waals surface area contributed by atoms with E-state index in [9.17, 15) is 18.4 Å². The zero-order chi connectivity index (χ0) is 21.3. The zero-order valence-electron chi connectivity index (χ0n) is 16.3. The second kappa shape index (κ2) is 8.70. The van der Waals surface area contributed by atoms with E-state index in [1.54, 1.807) is 10.6 Å². The van der Waals surface area contributed by atoms with Crippen molar-refractivity contribution in [1.82, 2.24) is 20.3 Å². The van der Waals surface area contributed by atoms with Gasteiger partial charge in [-0.05, 0) is 36.1 Å². The number of nitrogens with one attached hydrogen (secondary N) is 2. The topological polar surface area (TPSA) is 86.3 Å². The number of hydrogen-bond donors (Lipinski definition) is 2. The number of carbonyl (C=O) groups is 2. The van der Waals surface area contributed by atoms with Crippen LogP contribution in [0.3, 0.4) is 0 Å². The Kier molecular flexibility index (Phi) is 6.02. The van der Waals surface area contributed by atoms with Crippen LogP contribution in [0.1, 0.15) is 30.9 Å². The Morgan fingerprint density at radius 3 is 2.77 bits per heavy atom. The Labute approximate surface area is 176 Å². The number of amides is 2. The van der Waals surface area contributed by atoms with E-state index in [-0.39, 0.29) is 30.0 Å². The van der Waals surface area contributed by atoms with Crippen LogP contribution in [0.4, 0.5) is 8.78 Å². The van der Waals surface area contributed by atoms with Crippen LogP contribution in [0.25, 0.3) is 5.57 Å². The van der Waals surface area contributed by atoms with Gasteiger partial charge >= 0.3 is 0 Å². The molecule has 1 aromatic carbocycles. The minimum Gasteiger partial charge on any atom is -0.390 e. The lowest BCUT2D eigenvalue weighted by atomic mass is 9.95. The van der Waals surface area contributed by atoms with Gasteiger partial charge in [-0.1, -0.05) is 15.8 Å². The molecule has 4 rings (SSSR count). The van der Waals surface area contributed by atoms with Crippen molar-refractivity contribution in [2.75, 3.05) is 25.4 Å². The smallest absolute Gasteiger partial charge is 0.247 e. The normalized spacial score (nSPS) is 22.4. The SMILES string of the molecule is CC(=O)NCC1CC(c2cc(F)c(C3=CCN(N4NC(=O)CS4)CC3)c(F)c2)=NO1. The van der Waals surface area contributed by atoms with Crippen molar-refractivity contribution in [2.24, 2.45) is 5.16 Å². The van der Waals surface area contributed by atoms with Gasteiger partial charge in [-0.2, -0.15) is 0 Å². The third-order valence-electron chi connectivity index (χ3n) is 4.99. The minimum atomic E-state index is -0.651. The van der Waals surface area contributed by atoms with Gasteiger partial charge in [0.05, 0.1) is 18.0 Å². The summed E-state index contributed by atoms with van der Waals surface area (Å²) in [7, 11) is 0. The first-order chi connectivity index (χ1) is 14.4. The molecule has 1 aromatic rings. The summed E-state index contributed by atoms with van der Waals surface area (Å²) in [5, 5.41) is 8.46. The Morgan fingerprint density at radius 2 is 2.17 bits per heavy atom. The number of rotatable bonds is 5. The summed E-state index contributed by atoms with van der Waals surface area (Å²) in [5.74, 6) is -1.20. The fourth-order valence-electron chi connectivity index (χ4n) is 3.51. The highest BCUT2D eigenvalue weighted by Crippen LogP contribution is 2.31. The molecule has 0 radical (unpaired) electrons. The predicted molar refractivity (Wildman–Crippen MR) is 108 cm³/mol. The second-order valence-corrected chi connectivity index (χ2v) is 8.09. The molecule has 1 fully saturated rings. The highest BCUT2D eigenvalue weighted by Gasteiger charge is 2.29. The van der Waals surface area contributed by atoms with Gasteiger partial charge in [0.2, 0.25) is 11.8 Å². The van der Waals surface area contributed by atoms with E-state index in [2.05, 4.69) is 15.9 Å². The van der Waals surface area contributed by atoms with Crippen molar-refractivity contribution < 1.29 is 23.2 Å². The summed E-state index contributed by atoms with van der Waals surface area (Å²) in [6, 6.07) is 2.54. The van der Waals surface area contributed by atoms with Crippen molar-refractivity contribution in [3.63, 3.8) is 0 Å². The zero-order valence-corrected chi connectivity index (χ0v) is 17.1. The molecule has 3 heterocycles. The molecule has 0 spiro atoms. The molecule has 3 aliphatic heterocycles. The third kappa shape index (κ3) is 4.47. The Balaban J connectivity index is 1.44. The first-order valence-corrected chi connectivity index (χ1v) is 10.5. The average Bonchev–Trinajstić information content (AvgIpc) is 3.35. The number of hydrazine groups is 2. The molecule has 0 aliphatic carbocycles. The van der Waals surface area contributed by atoms with E-state index < -0.39 is 11.6 Å². The minimum absolute atomic E-state index is 0.0363. The van der Waals surface area contributed by atoms with Crippen LogP contribution >= 0.6 is 11.9 Å². The quantitative estimate of drug-likeness (QED) is 0.681. The van der Waals surface area contributed by atoms with Crippen LogP contribution in [-0.4, -0.2) is 58.5 Å². The molecule has 30 heavy (non-hydrogen) atoms. The monoisotopic (exact) mass is 437 g/mol. The molecule has 2 N–H and O–H groups in total. The van der Waals surface area contributed by atoms with Crippen LogP contribution in [0.15, 0.2) is 23.4 Å². The van der Waals surface area contributed by atoms with Crippen molar-refractivity contribution in [3.05, 3.63) is 41.0 Å². The molecule has 3 aliphatic rings. The maximum atomic E-state index is 14.8. The van der Waals surface area contributed by atoms with Gasteiger partial charge in [0.1, 0.15) is 17.7 Å². The molecule has 1 saturated heterocycles. The molecule has 1 atom stereocenters. The van der Waals surface area contributed by atoms with Crippen LogP contribution < -0.4 is 10.7 Å². The van der Waals surface area contributed by atoms with Gasteiger partial charge in [-0.15, -0.1) is 0 Å². The molecule has 0 saturated carbocycles. The summed E-state index contributed by atoms with van der Waals surface area (Å²) in [6.07, 6.45) is 2.22. The standard InChI is InChI=1S/C19H21F2N5O3S/c1-11(27)22-9-14-8-17(24-29-14)13-6-15(20)19(16(21)7-13)12-2-4-25(5-3-12)26-23-18(28)10-30-26/h2,6-7,14H,3-5,8-10H2,1H3,(H,22,27)(H,23,28). The van der Waals surface area contributed by atoms with Gasteiger partial charge in [0.15, 0.2) is 0 Å². The fourth-order valence-corrected chi connectivity index (χ4v) is 4.29. The van der Waals surface area contributed by atoms with E-state index in [0.29, 0.717) is 48.5 Å². The second-order valence-electron chi connectivity index (χ2n) is 7.19. The fraction of sp³-hybridized carbons (Fsp3) is 0.421. The van der Waals surface area contributed by atoms with Gasteiger partial charge in [-0.25, -0.2) is 13.8 Å². The highest BCUT2D eigenvalue weighted by atomic mass is 32.2. The number of nitrogens with zero attached hydrogens (tertiary/aromatic N) is 3. The van der Waals surface area contributed by atoms with Gasteiger partial charge < -0.3 is 10.2 Å². The summed E-state index contributed by atoms with van der Waals surface area (Å²) in [5.41, 5.74) is 4.05. The highest BCUT2D eigenvalue weighted by molar-refractivity contribution is 7.98. The largest absolute Gasteiger partial charge is 0.390 e. The lowest BCUT2D eigenvalue weighted by Gasteiger charge is -2.32. The molecular formula is C19H21F2N5O3S. The summed E-state index contributed by atoms with van der Waals surface area (Å²) >= 11 is 1.35. The molecule has 1 unspecified atom stereocenters. The number of benzene rings is 1. The van der Waals surface area contributed by atoms with Gasteiger partial charge in [-0.3, -0.25) is 15.0 Å². The summed E-state index contributed by atoms with van der Waals surface area (Å²) < 4.78 is 31.3. The van der Waals surface area contributed by atoms with E-state index in [1.807, 2.05) is 5.01 Å². The Hall–Kier alpha value is -2.50. The lowest BCUT2D eigenvalue weighted by Crippen LogP contribution is -2.46. The lowest BCUT2D eigenvalue weighted by molar-refractivity contribution is -0.123. The van der Waals surface area contributed by atoms with Crippen LogP contribution in [-0.2, 0) is 14.4 Å². The van der Waals surface area contributed by atoms with E-state index in [0.717, 1.165) is 0 Å². The molecule has 2 amide bonds. The predicted octanol–water partition coefficient (Wildman–Crippen LogP) is 1.59. The van der Waals surface area contributed by atoms with Crippen molar-refractivity contribution >= 4 is 35.0 Å². The van der Waals surface area contributed by atoms with Crippen molar-refractivity contribution in [2.45, 2.75) is 25.9 Å². The third-order valence-corrected chi connectivity index (χ3v) is 5.95. The van der Waals surface area contributed by atoms with Crippen molar-refractivity contribution in [3.8, 4) is 0 Å². The van der Waals surface area contributed by atoms with Gasteiger partial charge in [0.25, 0.3) is 0 Å². The van der Waals surface area contributed by atoms with Crippen LogP contribution in [0.2, 0.25) is 0 Å². The van der Waals surface area contributed by atoms with Crippen LogP contribution in [0, 0.1) is 11.6 Å². The molecule has 0 bridgehead atoms. The number of oxime groups is 1. The first-order valence-electron chi connectivity index (χ1n) is 9.54. The van der Waals surface area contributed by atoms with E-state index in [4.69, 9.17) is 4.84 Å². The maximum Gasteiger partial charge on any atom is 0.247 e. The molecule has 0 aromatic heterocycles. The number of halogens is 2. The first kappa shape index (κ1) is 20.8. The number of carbonyl (C=O) groups excluding carboxylic acids is 2. The Bertz CT molecular complexity index is 916. The van der Waals surface area contributed by atoms with Gasteiger partial charge in [0, 0.05) is 37.6 Å². The Morgan fingerprint density at radius 1 is 1.40 bits per heavy atom. The van der Waals surface area contributed by atoms with Crippen molar-refractivity contribution in [1.29, 1.82) is 0 Å². The van der Waals surface area contributed by atoms with Crippen LogP contribution in [0.5, 0.6) is 0 Å². The molecular weight excluding hydrogens is 416 g/mol. The molecule has 8 nitrogen and oxygen atoms in total. The average molecular weight is 437 g/mol. The van der Waals surface area contributed by atoms with E-state index in [1.165, 1.54) is 31.0 Å². The maximum absolute atomic E-state index is 14.8. The molecule has 160 valence electrons. The van der Waals surface area contributed by atoms with E-state index >= 15 is 0 Å². The number of hydrogen-bond acceptors (Lipinski definition) is 7. The summed E-state index contributed by atoms with van der Waals surface area (Å²) in [4.78, 5) is 27.6.